The van der Waals surface area contributed by atoms with Gasteiger partial charge in [0.15, 0.2) is 0 Å². The van der Waals surface area contributed by atoms with Gasteiger partial charge in [0.2, 0.25) is 0 Å². The maximum absolute atomic E-state index is 5.91. The Balaban J connectivity index is 2.69. The topological polar surface area (TPSA) is 29.3 Å². The summed E-state index contributed by atoms with van der Waals surface area (Å²) in [5.41, 5.74) is 6.36. The molecule has 0 aromatic rings. The summed E-state index contributed by atoms with van der Waals surface area (Å²) >= 11 is 0. The molecule has 1 rings (SSSR count). The molecule has 0 aliphatic heterocycles. The summed E-state index contributed by atoms with van der Waals surface area (Å²) in [7, 11) is 2.25. The molecule has 0 aromatic heterocycles. The van der Waals surface area contributed by atoms with Crippen LogP contribution in [0.1, 0.15) is 47.0 Å². The Morgan fingerprint density at radius 2 is 1.88 bits per heavy atom. The van der Waals surface area contributed by atoms with Crippen LogP contribution in [0, 0.1) is 17.3 Å². The van der Waals surface area contributed by atoms with Gasteiger partial charge >= 0.3 is 0 Å². The van der Waals surface area contributed by atoms with Gasteiger partial charge in [-0.25, -0.2) is 0 Å². The van der Waals surface area contributed by atoms with Crippen LogP contribution in [0.25, 0.3) is 0 Å². The minimum atomic E-state index is 0.451. The van der Waals surface area contributed by atoms with Crippen molar-refractivity contribution in [1.29, 1.82) is 0 Å². The zero-order valence-electron chi connectivity index (χ0n) is 11.8. The van der Waals surface area contributed by atoms with Crippen molar-refractivity contribution in [2.45, 2.75) is 53.0 Å². The van der Waals surface area contributed by atoms with Crippen molar-refractivity contribution in [2.75, 3.05) is 20.1 Å². The first-order valence-electron chi connectivity index (χ1n) is 6.80. The lowest BCUT2D eigenvalue weighted by Crippen LogP contribution is -2.46. The van der Waals surface area contributed by atoms with Crippen LogP contribution in [0.2, 0.25) is 0 Å². The van der Waals surface area contributed by atoms with Gasteiger partial charge in [-0.15, -0.1) is 0 Å². The number of nitrogens with zero attached hydrogens (tertiary/aromatic N) is 1. The molecule has 2 heteroatoms. The fourth-order valence-corrected chi connectivity index (χ4v) is 3.05. The average molecular weight is 226 g/mol. The number of nitrogens with two attached hydrogens (primary N) is 1. The van der Waals surface area contributed by atoms with Crippen molar-refractivity contribution in [2.24, 2.45) is 23.0 Å². The van der Waals surface area contributed by atoms with Crippen LogP contribution in [-0.4, -0.2) is 31.1 Å². The molecule has 0 spiro atoms. The van der Waals surface area contributed by atoms with Crippen molar-refractivity contribution in [3.63, 3.8) is 0 Å². The summed E-state index contributed by atoms with van der Waals surface area (Å²) in [5.74, 6) is 1.57. The molecule has 0 heterocycles. The quantitative estimate of drug-likeness (QED) is 0.802. The van der Waals surface area contributed by atoms with Crippen molar-refractivity contribution in [3.8, 4) is 0 Å². The summed E-state index contributed by atoms with van der Waals surface area (Å²) in [4.78, 5) is 2.50. The average Bonchev–Trinajstić information content (AvgIpc) is 2.25. The Morgan fingerprint density at radius 1 is 1.25 bits per heavy atom. The van der Waals surface area contributed by atoms with Gasteiger partial charge in [-0.1, -0.05) is 27.7 Å². The smallest absolute Gasteiger partial charge is 0.0135 e. The van der Waals surface area contributed by atoms with E-state index in [1.165, 1.54) is 19.3 Å². The summed E-state index contributed by atoms with van der Waals surface area (Å²) in [6.45, 7) is 11.4. The number of rotatable bonds is 3. The van der Waals surface area contributed by atoms with Crippen LogP contribution in [0.5, 0.6) is 0 Å². The molecule has 1 aliphatic carbocycles. The molecule has 0 amide bonds. The molecule has 3 atom stereocenters. The molecule has 1 aliphatic rings. The summed E-state index contributed by atoms with van der Waals surface area (Å²) in [6, 6.07) is 0.702. The largest absolute Gasteiger partial charge is 0.330 e. The molecule has 0 bridgehead atoms. The summed E-state index contributed by atoms with van der Waals surface area (Å²) in [5, 5.41) is 0. The molecule has 0 aromatic carbocycles. The Labute approximate surface area is 102 Å². The van der Waals surface area contributed by atoms with Gasteiger partial charge in [-0.05, 0) is 56.7 Å². The van der Waals surface area contributed by atoms with Crippen molar-refractivity contribution in [1.82, 2.24) is 4.90 Å². The van der Waals surface area contributed by atoms with E-state index in [4.69, 9.17) is 5.73 Å². The Kier molecular flexibility index (Phi) is 4.81. The van der Waals surface area contributed by atoms with Gasteiger partial charge in [-0.2, -0.15) is 0 Å². The van der Waals surface area contributed by atoms with E-state index in [2.05, 4.69) is 39.6 Å². The lowest BCUT2D eigenvalue weighted by atomic mass is 9.67. The van der Waals surface area contributed by atoms with Gasteiger partial charge in [-0.3, -0.25) is 0 Å². The SMILES string of the molecule is CCN(C)C1CC(C(C)(C)C)CCC1CN. The van der Waals surface area contributed by atoms with E-state index in [-0.39, 0.29) is 0 Å². The first kappa shape index (κ1) is 14.0. The predicted octanol–water partition coefficient (Wildman–Crippen LogP) is 2.73. The van der Waals surface area contributed by atoms with E-state index >= 15 is 0 Å². The minimum Gasteiger partial charge on any atom is -0.330 e. The van der Waals surface area contributed by atoms with Crippen molar-refractivity contribution >= 4 is 0 Å². The van der Waals surface area contributed by atoms with Crippen molar-refractivity contribution in [3.05, 3.63) is 0 Å². The molecule has 0 radical (unpaired) electrons. The number of hydrogen-bond acceptors (Lipinski definition) is 2. The molecule has 1 fully saturated rings. The van der Waals surface area contributed by atoms with E-state index in [0.29, 0.717) is 17.4 Å². The lowest BCUT2D eigenvalue weighted by molar-refractivity contribution is 0.0619. The van der Waals surface area contributed by atoms with Gasteiger partial charge in [0.05, 0.1) is 0 Å². The highest BCUT2D eigenvalue weighted by molar-refractivity contribution is 4.90. The first-order chi connectivity index (χ1) is 7.40. The van der Waals surface area contributed by atoms with E-state index in [0.717, 1.165) is 19.0 Å². The lowest BCUT2D eigenvalue weighted by Gasteiger charge is -2.44. The molecule has 96 valence electrons. The van der Waals surface area contributed by atoms with Crippen LogP contribution < -0.4 is 5.73 Å². The van der Waals surface area contributed by atoms with Crippen molar-refractivity contribution < 1.29 is 0 Å². The highest BCUT2D eigenvalue weighted by atomic mass is 15.1. The third-order valence-corrected chi connectivity index (χ3v) is 4.55. The van der Waals surface area contributed by atoms with Crippen LogP contribution in [-0.2, 0) is 0 Å². The molecular weight excluding hydrogens is 196 g/mol. The Bertz CT molecular complexity index is 207. The maximum Gasteiger partial charge on any atom is 0.0135 e. The highest BCUT2D eigenvalue weighted by Gasteiger charge is 2.36. The molecule has 1 saturated carbocycles. The third-order valence-electron chi connectivity index (χ3n) is 4.55. The van der Waals surface area contributed by atoms with Gasteiger partial charge in [0.1, 0.15) is 0 Å². The van der Waals surface area contributed by atoms with Crippen LogP contribution in [0.4, 0.5) is 0 Å². The fraction of sp³-hybridized carbons (Fsp3) is 1.00. The molecule has 3 unspecified atom stereocenters. The van der Waals surface area contributed by atoms with E-state index in [1.54, 1.807) is 0 Å². The van der Waals surface area contributed by atoms with Crippen LogP contribution in [0.3, 0.4) is 0 Å². The van der Waals surface area contributed by atoms with E-state index in [1.807, 2.05) is 0 Å². The second-order valence-corrected chi connectivity index (χ2v) is 6.51. The minimum absolute atomic E-state index is 0.451. The normalized spacial score (nSPS) is 32.1. The predicted molar refractivity (Wildman–Crippen MR) is 71.4 cm³/mol. The molecule has 2 nitrogen and oxygen atoms in total. The van der Waals surface area contributed by atoms with E-state index in [9.17, 15) is 0 Å². The van der Waals surface area contributed by atoms with Gasteiger partial charge in [0.25, 0.3) is 0 Å². The molecule has 2 N–H and O–H groups in total. The van der Waals surface area contributed by atoms with Crippen LogP contribution in [0.15, 0.2) is 0 Å². The molecular formula is C14H30N2. The second kappa shape index (κ2) is 5.50. The van der Waals surface area contributed by atoms with E-state index < -0.39 is 0 Å². The fourth-order valence-electron chi connectivity index (χ4n) is 3.05. The number of hydrogen-bond donors (Lipinski definition) is 1. The molecule has 0 saturated heterocycles. The van der Waals surface area contributed by atoms with Gasteiger partial charge in [0, 0.05) is 6.04 Å². The standard InChI is InChI=1S/C14H30N2/c1-6-16(5)13-9-12(14(2,3)4)8-7-11(13)10-15/h11-13H,6-10,15H2,1-5H3. The monoisotopic (exact) mass is 226 g/mol. The zero-order chi connectivity index (χ0) is 12.3. The first-order valence-corrected chi connectivity index (χ1v) is 6.80. The maximum atomic E-state index is 5.91. The van der Waals surface area contributed by atoms with Crippen LogP contribution >= 0.6 is 0 Å². The zero-order valence-corrected chi connectivity index (χ0v) is 11.8. The van der Waals surface area contributed by atoms with Gasteiger partial charge < -0.3 is 10.6 Å². The summed E-state index contributed by atoms with van der Waals surface area (Å²) in [6.07, 6.45) is 4.00. The summed E-state index contributed by atoms with van der Waals surface area (Å²) < 4.78 is 0. The Hall–Kier alpha value is -0.0800. The second-order valence-electron chi connectivity index (χ2n) is 6.51. The highest BCUT2D eigenvalue weighted by Crippen LogP contribution is 2.41. The Morgan fingerprint density at radius 3 is 2.31 bits per heavy atom. The third kappa shape index (κ3) is 3.21. The molecule has 16 heavy (non-hydrogen) atoms.